The Morgan fingerprint density at radius 3 is 2.46 bits per heavy atom. The molecular weight excluding hydrogens is 499 g/mol. The number of aliphatic carboxylic acids is 1. The fourth-order valence-electron chi connectivity index (χ4n) is 3.18. The number of amides is 1. The van der Waals surface area contributed by atoms with E-state index in [0.717, 1.165) is 28.6 Å². The molecule has 3 rings (SSSR count). The zero-order valence-corrected chi connectivity index (χ0v) is 20.1. The molecule has 0 atom stereocenters. The van der Waals surface area contributed by atoms with E-state index in [1.54, 1.807) is 43.3 Å². The van der Waals surface area contributed by atoms with E-state index in [2.05, 4.69) is 5.32 Å². The zero-order chi connectivity index (χ0) is 25.6. The monoisotopic (exact) mass is 520 g/mol. The van der Waals surface area contributed by atoms with E-state index in [1.165, 1.54) is 6.07 Å². The minimum atomic E-state index is -4.24. The van der Waals surface area contributed by atoms with E-state index in [1.807, 2.05) is 0 Å². The number of nitrogens with one attached hydrogen (secondary N) is 1. The van der Waals surface area contributed by atoms with Gasteiger partial charge in [-0.3, -0.25) is 9.10 Å². The molecule has 0 aliphatic carbocycles. The molecule has 2 N–H and O–H groups in total. The average molecular weight is 521 g/mol. The number of halogens is 2. The topological polar surface area (TPSA) is 113 Å². The van der Waals surface area contributed by atoms with Crippen molar-refractivity contribution in [2.24, 2.45) is 0 Å². The van der Waals surface area contributed by atoms with Crippen molar-refractivity contribution in [2.45, 2.75) is 18.4 Å². The Morgan fingerprint density at radius 2 is 1.77 bits per heavy atom. The van der Waals surface area contributed by atoms with Gasteiger partial charge in [-0.15, -0.1) is 0 Å². The molecule has 8 nitrogen and oxygen atoms in total. The van der Waals surface area contributed by atoms with Crippen LogP contribution in [-0.4, -0.2) is 38.6 Å². The quantitative estimate of drug-likeness (QED) is 0.421. The fourth-order valence-corrected chi connectivity index (χ4v) is 4.82. The van der Waals surface area contributed by atoms with Gasteiger partial charge < -0.3 is 15.2 Å². The summed E-state index contributed by atoms with van der Waals surface area (Å²) in [6.45, 7) is 0.606. The van der Waals surface area contributed by atoms with Crippen molar-refractivity contribution in [1.29, 1.82) is 0 Å². The summed E-state index contributed by atoms with van der Waals surface area (Å²) in [5.74, 6) is -2.01. The number of benzene rings is 3. The Hall–Kier alpha value is -3.63. The number of anilines is 1. The van der Waals surface area contributed by atoms with Crippen LogP contribution in [0.5, 0.6) is 5.75 Å². The molecule has 11 heteroatoms. The molecule has 0 fully saturated rings. The lowest BCUT2D eigenvalue weighted by atomic mass is 10.2. The van der Waals surface area contributed by atoms with E-state index in [-0.39, 0.29) is 17.1 Å². The first-order chi connectivity index (χ1) is 16.6. The highest BCUT2D eigenvalue weighted by Crippen LogP contribution is 2.30. The van der Waals surface area contributed by atoms with Gasteiger partial charge in [0.15, 0.2) is 6.61 Å². The van der Waals surface area contributed by atoms with Crippen LogP contribution >= 0.6 is 11.6 Å². The lowest BCUT2D eigenvalue weighted by molar-refractivity contribution is -0.139. The maximum atomic E-state index is 13.4. The number of nitrogens with zero attached hydrogens (tertiary/aromatic N) is 1. The Kier molecular flexibility index (Phi) is 8.31. The first-order valence-electron chi connectivity index (χ1n) is 10.3. The van der Waals surface area contributed by atoms with Crippen LogP contribution in [0.2, 0.25) is 5.02 Å². The molecule has 0 radical (unpaired) electrons. The number of hydrogen-bond acceptors (Lipinski definition) is 5. The SMILES string of the molecule is Cc1c(Cl)cccc1N(CC(=O)NCc1cccc(OCC(=O)O)c1)S(=O)(=O)c1ccc(F)cc1. The molecule has 0 unspecified atom stereocenters. The smallest absolute Gasteiger partial charge is 0.341 e. The predicted octanol–water partition coefficient (Wildman–Crippen LogP) is 3.76. The first kappa shape index (κ1) is 26.0. The van der Waals surface area contributed by atoms with Crippen LogP contribution in [0, 0.1) is 12.7 Å². The molecule has 0 aliphatic heterocycles. The van der Waals surface area contributed by atoms with Crippen LogP contribution < -0.4 is 14.4 Å². The number of carbonyl (C=O) groups excluding carboxylic acids is 1. The maximum absolute atomic E-state index is 13.4. The Balaban J connectivity index is 1.82. The summed E-state index contributed by atoms with van der Waals surface area (Å²) >= 11 is 6.19. The third kappa shape index (κ3) is 6.71. The second-order valence-electron chi connectivity index (χ2n) is 7.46. The number of sulfonamides is 1. The molecule has 0 heterocycles. The number of carbonyl (C=O) groups is 2. The molecule has 0 aliphatic rings. The lowest BCUT2D eigenvalue weighted by Crippen LogP contribution is -2.41. The fraction of sp³-hybridized carbons (Fsp3) is 0.167. The standard InChI is InChI=1S/C24H22ClFN2O6S/c1-16-21(25)6-3-7-22(16)28(35(32,33)20-10-8-18(26)9-11-20)14-23(29)27-13-17-4-2-5-19(12-17)34-15-24(30)31/h2-12H,13-15H2,1H3,(H,27,29)(H,30,31). The van der Waals surface area contributed by atoms with Crippen LogP contribution in [0.1, 0.15) is 11.1 Å². The van der Waals surface area contributed by atoms with Crippen LogP contribution in [0.25, 0.3) is 0 Å². The molecule has 35 heavy (non-hydrogen) atoms. The van der Waals surface area contributed by atoms with Crippen molar-refractivity contribution in [1.82, 2.24) is 5.32 Å². The molecule has 184 valence electrons. The lowest BCUT2D eigenvalue weighted by Gasteiger charge is -2.26. The summed E-state index contributed by atoms with van der Waals surface area (Å²) in [5.41, 5.74) is 1.28. The third-order valence-electron chi connectivity index (χ3n) is 4.95. The summed E-state index contributed by atoms with van der Waals surface area (Å²) in [5, 5.41) is 11.7. The molecule has 3 aromatic carbocycles. The van der Waals surface area contributed by atoms with E-state index in [9.17, 15) is 22.4 Å². The van der Waals surface area contributed by atoms with Crippen molar-refractivity contribution >= 4 is 39.2 Å². The van der Waals surface area contributed by atoms with Crippen molar-refractivity contribution in [3.05, 3.63) is 88.7 Å². The van der Waals surface area contributed by atoms with Gasteiger partial charge in [-0.25, -0.2) is 17.6 Å². The van der Waals surface area contributed by atoms with Crippen molar-refractivity contribution in [2.75, 3.05) is 17.5 Å². The van der Waals surface area contributed by atoms with Gasteiger partial charge in [-0.2, -0.15) is 0 Å². The van der Waals surface area contributed by atoms with Gasteiger partial charge in [0.2, 0.25) is 5.91 Å². The van der Waals surface area contributed by atoms with Gasteiger partial charge in [0.05, 0.1) is 10.6 Å². The van der Waals surface area contributed by atoms with Gasteiger partial charge in [-0.05, 0) is 66.6 Å². The third-order valence-corrected chi connectivity index (χ3v) is 7.13. The van der Waals surface area contributed by atoms with E-state index in [4.69, 9.17) is 21.4 Å². The largest absolute Gasteiger partial charge is 0.482 e. The van der Waals surface area contributed by atoms with Crippen LogP contribution in [0.4, 0.5) is 10.1 Å². The number of carboxylic acids is 1. The highest BCUT2D eigenvalue weighted by atomic mass is 35.5. The summed E-state index contributed by atoms with van der Waals surface area (Å²) in [6, 6.07) is 15.5. The van der Waals surface area contributed by atoms with Crippen LogP contribution in [0.3, 0.4) is 0 Å². The van der Waals surface area contributed by atoms with Crippen molar-refractivity contribution < 1.29 is 32.2 Å². The zero-order valence-electron chi connectivity index (χ0n) is 18.6. The Labute approximate surface area is 207 Å². The molecule has 0 spiro atoms. The van der Waals surface area contributed by atoms with Gasteiger partial charge in [0.1, 0.15) is 18.1 Å². The van der Waals surface area contributed by atoms with Crippen LogP contribution in [-0.2, 0) is 26.2 Å². The van der Waals surface area contributed by atoms with Gasteiger partial charge >= 0.3 is 5.97 Å². The second kappa shape index (κ2) is 11.2. The molecule has 0 bridgehead atoms. The first-order valence-corrected chi connectivity index (χ1v) is 12.1. The molecule has 1 amide bonds. The number of rotatable bonds is 10. The number of ether oxygens (including phenoxy) is 1. The minimum absolute atomic E-state index is 0.0437. The van der Waals surface area contributed by atoms with Gasteiger partial charge in [0.25, 0.3) is 10.0 Å². The summed E-state index contributed by atoms with van der Waals surface area (Å²) in [6.07, 6.45) is 0. The summed E-state index contributed by atoms with van der Waals surface area (Å²) in [4.78, 5) is 23.3. The van der Waals surface area contributed by atoms with Crippen LogP contribution in [0.15, 0.2) is 71.6 Å². The maximum Gasteiger partial charge on any atom is 0.341 e. The predicted molar refractivity (Wildman–Crippen MR) is 129 cm³/mol. The number of carboxylic acid groups (broad SMARTS) is 1. The summed E-state index contributed by atoms with van der Waals surface area (Å²) < 4.78 is 46.2. The second-order valence-corrected chi connectivity index (χ2v) is 9.73. The minimum Gasteiger partial charge on any atom is -0.482 e. The number of hydrogen-bond donors (Lipinski definition) is 2. The van der Waals surface area contributed by atoms with Crippen molar-refractivity contribution in [3.63, 3.8) is 0 Å². The van der Waals surface area contributed by atoms with E-state index < -0.39 is 40.9 Å². The van der Waals surface area contributed by atoms with Gasteiger partial charge in [0, 0.05) is 11.6 Å². The summed E-state index contributed by atoms with van der Waals surface area (Å²) in [7, 11) is -4.24. The highest BCUT2D eigenvalue weighted by molar-refractivity contribution is 7.92. The highest BCUT2D eigenvalue weighted by Gasteiger charge is 2.28. The van der Waals surface area contributed by atoms with Crippen molar-refractivity contribution in [3.8, 4) is 5.75 Å². The normalized spacial score (nSPS) is 11.1. The average Bonchev–Trinajstić information content (AvgIpc) is 2.82. The Morgan fingerprint density at radius 1 is 1.09 bits per heavy atom. The molecule has 0 saturated heterocycles. The van der Waals surface area contributed by atoms with Gasteiger partial charge in [-0.1, -0.05) is 29.8 Å². The molecular formula is C24H22ClFN2O6S. The molecule has 0 saturated carbocycles. The molecule has 3 aromatic rings. The molecule has 0 aromatic heterocycles. The van der Waals surface area contributed by atoms with E-state index >= 15 is 0 Å². The van der Waals surface area contributed by atoms with E-state index in [0.29, 0.717) is 21.9 Å². The Bertz CT molecular complexity index is 1330.